The number of benzene rings is 1. The van der Waals surface area contributed by atoms with E-state index < -0.39 is 42.5 Å². The summed E-state index contributed by atoms with van der Waals surface area (Å²) in [7, 11) is -7.47. The van der Waals surface area contributed by atoms with Crippen molar-refractivity contribution >= 4 is 25.6 Å². The fraction of sp³-hybridized carbons (Fsp3) is 0.588. The van der Waals surface area contributed by atoms with E-state index in [1.54, 1.807) is 4.90 Å². The molecular formula is C17H23FN2O5S2. The van der Waals surface area contributed by atoms with Crippen molar-refractivity contribution in [1.82, 2.24) is 9.80 Å². The lowest BCUT2D eigenvalue weighted by molar-refractivity contribution is -0.130. The Morgan fingerprint density at radius 1 is 1.15 bits per heavy atom. The van der Waals surface area contributed by atoms with Crippen molar-refractivity contribution in [2.24, 2.45) is 0 Å². The smallest absolute Gasteiger partial charge is 0.219 e. The lowest BCUT2D eigenvalue weighted by Crippen LogP contribution is -2.55. The fourth-order valence-electron chi connectivity index (χ4n) is 3.90. The predicted octanol–water partition coefficient (Wildman–Crippen LogP) is 0.238. The molecule has 1 amide bonds. The van der Waals surface area contributed by atoms with Crippen molar-refractivity contribution in [2.45, 2.75) is 30.0 Å². The van der Waals surface area contributed by atoms with E-state index >= 15 is 0 Å². The largest absolute Gasteiger partial charge is 0.340 e. The van der Waals surface area contributed by atoms with E-state index in [4.69, 9.17) is 0 Å². The maximum Gasteiger partial charge on any atom is 0.219 e. The zero-order valence-electron chi connectivity index (χ0n) is 15.3. The Labute approximate surface area is 159 Å². The highest BCUT2D eigenvalue weighted by molar-refractivity contribution is 7.96. The van der Waals surface area contributed by atoms with E-state index in [-0.39, 0.29) is 22.1 Å². The lowest BCUT2D eigenvalue weighted by atomic mass is 10.2. The van der Waals surface area contributed by atoms with Gasteiger partial charge in [0.05, 0.1) is 21.7 Å². The standard InChI is InChI=1S/C17H23FN2O5S2/c1-12-9-14(18)3-4-16(12)27(24,25)17-11-26(22,23)10-15(17)20-7-5-19(6-8-20)13(2)21/h3-4,9,15,17H,5-8,10-11H2,1-2H3/t15-,17-/m0/s1. The molecule has 0 aromatic heterocycles. The zero-order chi connectivity index (χ0) is 20.0. The van der Waals surface area contributed by atoms with Gasteiger partial charge in [0.15, 0.2) is 19.7 Å². The molecular weight excluding hydrogens is 395 g/mol. The van der Waals surface area contributed by atoms with Gasteiger partial charge in [-0.25, -0.2) is 21.2 Å². The summed E-state index contributed by atoms with van der Waals surface area (Å²) in [5.74, 6) is -1.26. The van der Waals surface area contributed by atoms with Gasteiger partial charge >= 0.3 is 0 Å². The molecule has 2 atom stereocenters. The number of carbonyl (C=O) groups excluding carboxylic acids is 1. The molecule has 2 saturated heterocycles. The molecule has 10 heteroatoms. The molecule has 0 bridgehead atoms. The van der Waals surface area contributed by atoms with Crippen LogP contribution in [0.1, 0.15) is 12.5 Å². The first-order valence-corrected chi connectivity index (χ1v) is 12.1. The molecule has 0 spiro atoms. The summed E-state index contributed by atoms with van der Waals surface area (Å²) >= 11 is 0. The molecule has 0 aliphatic carbocycles. The van der Waals surface area contributed by atoms with Crippen molar-refractivity contribution in [1.29, 1.82) is 0 Å². The van der Waals surface area contributed by atoms with Gasteiger partial charge < -0.3 is 4.90 Å². The summed E-state index contributed by atoms with van der Waals surface area (Å²) in [4.78, 5) is 15.0. The Morgan fingerprint density at radius 3 is 2.33 bits per heavy atom. The molecule has 150 valence electrons. The Bertz CT molecular complexity index is 954. The van der Waals surface area contributed by atoms with Crippen LogP contribution in [0.3, 0.4) is 0 Å². The number of rotatable bonds is 3. The van der Waals surface area contributed by atoms with Crippen LogP contribution >= 0.6 is 0 Å². The van der Waals surface area contributed by atoms with Crippen molar-refractivity contribution in [3.8, 4) is 0 Å². The molecule has 2 aliphatic rings. The zero-order valence-corrected chi connectivity index (χ0v) is 16.9. The average molecular weight is 419 g/mol. The number of halogens is 1. The van der Waals surface area contributed by atoms with Gasteiger partial charge in [0, 0.05) is 39.1 Å². The van der Waals surface area contributed by atoms with E-state index in [0.29, 0.717) is 26.2 Å². The number of sulfone groups is 2. The minimum absolute atomic E-state index is 0.0293. The van der Waals surface area contributed by atoms with Gasteiger partial charge in [-0.15, -0.1) is 0 Å². The average Bonchev–Trinajstić information content (AvgIpc) is 2.91. The number of hydrogen-bond acceptors (Lipinski definition) is 6. The molecule has 2 fully saturated rings. The quantitative estimate of drug-likeness (QED) is 0.653. The molecule has 2 aliphatic heterocycles. The van der Waals surface area contributed by atoms with Gasteiger partial charge in [0.25, 0.3) is 0 Å². The first-order valence-electron chi connectivity index (χ1n) is 8.71. The van der Waals surface area contributed by atoms with Crippen LogP contribution in [0.25, 0.3) is 0 Å². The van der Waals surface area contributed by atoms with Crippen LogP contribution in [0.15, 0.2) is 23.1 Å². The molecule has 0 radical (unpaired) electrons. The van der Waals surface area contributed by atoms with Gasteiger partial charge in [-0.05, 0) is 30.7 Å². The SMILES string of the molecule is CC(=O)N1CCN([C@H]2CS(=O)(=O)C[C@@H]2S(=O)(=O)c2ccc(F)cc2C)CC1. The van der Waals surface area contributed by atoms with Crippen molar-refractivity contribution < 1.29 is 26.0 Å². The topological polar surface area (TPSA) is 91.8 Å². The molecule has 0 saturated carbocycles. The van der Waals surface area contributed by atoms with Crippen LogP contribution < -0.4 is 0 Å². The number of amides is 1. The van der Waals surface area contributed by atoms with E-state index in [1.165, 1.54) is 19.9 Å². The predicted molar refractivity (Wildman–Crippen MR) is 98.4 cm³/mol. The Kier molecular flexibility index (Phi) is 5.35. The normalized spacial score (nSPS) is 26.3. The van der Waals surface area contributed by atoms with Gasteiger partial charge in [0.2, 0.25) is 5.91 Å². The molecule has 27 heavy (non-hydrogen) atoms. The molecule has 0 unspecified atom stereocenters. The molecule has 3 rings (SSSR count). The molecule has 7 nitrogen and oxygen atoms in total. The van der Waals surface area contributed by atoms with E-state index in [9.17, 15) is 26.0 Å². The molecule has 1 aromatic carbocycles. The van der Waals surface area contributed by atoms with E-state index in [1.807, 2.05) is 4.90 Å². The number of aryl methyl sites for hydroxylation is 1. The Hall–Kier alpha value is -1.52. The second kappa shape index (κ2) is 7.14. The maximum atomic E-state index is 13.4. The number of piperazine rings is 1. The van der Waals surface area contributed by atoms with Crippen LogP contribution in [0, 0.1) is 12.7 Å². The third-order valence-electron chi connectivity index (χ3n) is 5.34. The highest BCUT2D eigenvalue weighted by atomic mass is 32.2. The first kappa shape index (κ1) is 20.2. The lowest BCUT2D eigenvalue weighted by Gasteiger charge is -2.39. The Morgan fingerprint density at radius 2 is 1.78 bits per heavy atom. The van der Waals surface area contributed by atoms with Crippen molar-refractivity contribution in [2.75, 3.05) is 37.7 Å². The summed E-state index contributed by atoms with van der Waals surface area (Å²) in [6.07, 6.45) is 0. The minimum atomic E-state index is -3.95. The van der Waals surface area contributed by atoms with Crippen LogP contribution in [-0.4, -0.2) is 81.5 Å². The Balaban J connectivity index is 1.91. The summed E-state index contributed by atoms with van der Waals surface area (Å²) in [5, 5.41) is -1.10. The first-order chi connectivity index (χ1) is 12.5. The number of carbonyl (C=O) groups is 1. The second-order valence-electron chi connectivity index (χ2n) is 7.18. The highest BCUT2D eigenvalue weighted by Gasteiger charge is 2.49. The number of nitrogens with zero attached hydrogens (tertiary/aromatic N) is 2. The van der Waals surface area contributed by atoms with Crippen LogP contribution in [-0.2, 0) is 24.5 Å². The maximum absolute atomic E-state index is 13.4. The molecule has 1 aromatic rings. The summed E-state index contributed by atoms with van der Waals surface area (Å²) < 4.78 is 64.3. The van der Waals surface area contributed by atoms with Crippen LogP contribution in [0.4, 0.5) is 4.39 Å². The third-order valence-corrected chi connectivity index (χ3v) is 9.62. The minimum Gasteiger partial charge on any atom is -0.340 e. The third kappa shape index (κ3) is 4.02. The van der Waals surface area contributed by atoms with Gasteiger partial charge in [-0.3, -0.25) is 9.69 Å². The fourth-order valence-corrected chi connectivity index (χ4v) is 8.95. The second-order valence-corrected chi connectivity index (χ2v) is 11.5. The van der Waals surface area contributed by atoms with Crippen molar-refractivity contribution in [3.63, 3.8) is 0 Å². The van der Waals surface area contributed by atoms with Gasteiger partial charge in [-0.2, -0.15) is 0 Å². The molecule has 0 N–H and O–H groups in total. The summed E-state index contributed by atoms with van der Waals surface area (Å²) in [6, 6.07) is 2.75. The highest BCUT2D eigenvalue weighted by Crippen LogP contribution is 2.31. The molecule has 2 heterocycles. The van der Waals surface area contributed by atoms with Crippen LogP contribution in [0.2, 0.25) is 0 Å². The van der Waals surface area contributed by atoms with E-state index in [2.05, 4.69) is 0 Å². The summed E-state index contributed by atoms with van der Waals surface area (Å²) in [5.41, 5.74) is 0.263. The number of hydrogen-bond donors (Lipinski definition) is 0. The van der Waals surface area contributed by atoms with Crippen molar-refractivity contribution in [3.05, 3.63) is 29.6 Å². The van der Waals surface area contributed by atoms with Gasteiger partial charge in [-0.1, -0.05) is 0 Å². The summed E-state index contributed by atoms with van der Waals surface area (Å²) in [6.45, 7) is 4.70. The van der Waals surface area contributed by atoms with Crippen LogP contribution in [0.5, 0.6) is 0 Å². The monoisotopic (exact) mass is 418 g/mol. The van der Waals surface area contributed by atoms with E-state index in [0.717, 1.165) is 12.1 Å². The van der Waals surface area contributed by atoms with Gasteiger partial charge in [0.1, 0.15) is 5.82 Å².